The van der Waals surface area contributed by atoms with E-state index in [-0.39, 0.29) is 30.1 Å². The van der Waals surface area contributed by atoms with Crippen molar-refractivity contribution < 1.29 is 14.0 Å². The summed E-state index contributed by atoms with van der Waals surface area (Å²) in [6, 6.07) is 23.4. The Morgan fingerprint density at radius 2 is 1.77 bits per heavy atom. The number of amides is 2. The van der Waals surface area contributed by atoms with Crippen LogP contribution in [0.5, 0.6) is 0 Å². The van der Waals surface area contributed by atoms with E-state index >= 15 is 0 Å². The second-order valence-electron chi connectivity index (χ2n) is 8.49. The molecule has 2 heterocycles. The minimum atomic E-state index is -0.613. The quantitative estimate of drug-likeness (QED) is 0.530. The van der Waals surface area contributed by atoms with E-state index in [4.69, 9.17) is 5.10 Å². The number of thioether (sulfide) groups is 1. The normalized spacial score (nSPS) is 19.5. The lowest BCUT2D eigenvalue weighted by Crippen LogP contribution is -2.25. The molecule has 3 aromatic rings. The number of rotatable bonds is 5. The number of anilines is 1. The zero-order valence-corrected chi connectivity index (χ0v) is 19.8. The number of amidine groups is 1. The van der Waals surface area contributed by atoms with Gasteiger partial charge in [-0.3, -0.25) is 9.59 Å². The van der Waals surface area contributed by atoms with Crippen molar-refractivity contribution in [3.05, 3.63) is 101 Å². The fourth-order valence-electron chi connectivity index (χ4n) is 4.06. The van der Waals surface area contributed by atoms with Crippen LogP contribution in [0.4, 0.5) is 10.1 Å². The van der Waals surface area contributed by atoms with Gasteiger partial charge in [0.1, 0.15) is 11.1 Å². The number of benzene rings is 3. The fraction of sp³-hybridized carbons (Fsp3) is 0.185. The van der Waals surface area contributed by atoms with Crippen molar-refractivity contribution in [2.24, 2.45) is 10.1 Å². The van der Waals surface area contributed by atoms with Crippen LogP contribution in [0.1, 0.15) is 35.6 Å². The monoisotopic (exact) mass is 486 g/mol. The summed E-state index contributed by atoms with van der Waals surface area (Å²) in [4.78, 5) is 29.5. The Labute approximate surface area is 207 Å². The first-order valence-corrected chi connectivity index (χ1v) is 12.2. The number of hydrogen-bond acceptors (Lipinski definition) is 5. The molecule has 0 aliphatic carbocycles. The van der Waals surface area contributed by atoms with Crippen LogP contribution in [0.15, 0.2) is 89.0 Å². The third-order valence-electron chi connectivity index (χ3n) is 5.90. The molecule has 6 nitrogen and oxygen atoms in total. The van der Waals surface area contributed by atoms with Gasteiger partial charge in [-0.2, -0.15) is 10.1 Å². The summed E-state index contributed by atoms with van der Waals surface area (Å²) in [5, 5.41) is 9.23. The van der Waals surface area contributed by atoms with Crippen LogP contribution in [0.25, 0.3) is 0 Å². The van der Waals surface area contributed by atoms with Crippen molar-refractivity contribution >= 4 is 40.1 Å². The van der Waals surface area contributed by atoms with Crippen LogP contribution < -0.4 is 5.32 Å². The van der Waals surface area contributed by atoms with Gasteiger partial charge in [-0.1, -0.05) is 71.9 Å². The second kappa shape index (κ2) is 9.84. The van der Waals surface area contributed by atoms with Crippen LogP contribution in [0, 0.1) is 12.7 Å². The minimum Gasteiger partial charge on any atom is -0.326 e. The molecule has 2 atom stereocenters. The molecule has 0 fully saturated rings. The fourth-order valence-corrected chi connectivity index (χ4v) is 5.12. The summed E-state index contributed by atoms with van der Waals surface area (Å²) in [5.41, 5.74) is 4.47. The highest BCUT2D eigenvalue weighted by Crippen LogP contribution is 2.38. The third kappa shape index (κ3) is 5.17. The van der Waals surface area contributed by atoms with Gasteiger partial charge in [0.15, 0.2) is 5.17 Å². The average Bonchev–Trinajstić information content (AvgIpc) is 3.45. The van der Waals surface area contributed by atoms with E-state index in [0.717, 1.165) is 22.4 Å². The topological polar surface area (TPSA) is 74.1 Å². The van der Waals surface area contributed by atoms with Crippen LogP contribution in [0.3, 0.4) is 0 Å². The Bertz CT molecular complexity index is 1310. The van der Waals surface area contributed by atoms with Gasteiger partial charge in [-0.05, 0) is 42.3 Å². The molecule has 2 unspecified atom stereocenters. The lowest BCUT2D eigenvalue weighted by Gasteiger charge is -2.23. The van der Waals surface area contributed by atoms with E-state index in [0.29, 0.717) is 17.3 Å². The molecule has 0 bridgehead atoms. The molecular weight excluding hydrogens is 463 g/mol. The second-order valence-corrected chi connectivity index (χ2v) is 9.66. The Kier molecular flexibility index (Phi) is 6.46. The van der Waals surface area contributed by atoms with Gasteiger partial charge in [0.25, 0.3) is 5.91 Å². The van der Waals surface area contributed by atoms with Crippen LogP contribution in [-0.2, 0) is 9.59 Å². The summed E-state index contributed by atoms with van der Waals surface area (Å²) in [7, 11) is 0. The molecule has 176 valence electrons. The predicted molar refractivity (Wildman–Crippen MR) is 137 cm³/mol. The highest BCUT2D eigenvalue weighted by molar-refractivity contribution is 8.15. The molecule has 5 rings (SSSR count). The highest BCUT2D eigenvalue weighted by atomic mass is 32.2. The molecule has 0 radical (unpaired) electrons. The molecule has 1 N–H and O–H groups in total. The van der Waals surface area contributed by atoms with Gasteiger partial charge in [0.2, 0.25) is 5.91 Å². The number of carbonyl (C=O) groups is 2. The SMILES string of the molecule is Cc1ccc(C2CC(c3ccc(F)cc3)=NN2C2=NC(=O)C(CC(=O)Nc3ccccc3)S2)cc1. The molecule has 0 saturated heterocycles. The van der Waals surface area contributed by atoms with E-state index in [2.05, 4.69) is 10.3 Å². The summed E-state index contributed by atoms with van der Waals surface area (Å²) < 4.78 is 13.5. The molecule has 35 heavy (non-hydrogen) atoms. The van der Waals surface area contributed by atoms with Crippen molar-refractivity contribution in [3.8, 4) is 0 Å². The lowest BCUT2D eigenvalue weighted by atomic mass is 9.98. The van der Waals surface area contributed by atoms with Crippen molar-refractivity contribution in [3.63, 3.8) is 0 Å². The number of aliphatic imine (C=N–C) groups is 1. The standard InChI is InChI=1S/C27H23FN4O2S/c1-17-7-9-19(10-8-17)23-15-22(18-11-13-20(28)14-12-18)31-32(23)27-30-26(34)24(35-27)16-25(33)29-21-5-3-2-4-6-21/h2-14,23-24H,15-16H2,1H3,(H,29,33). The highest BCUT2D eigenvalue weighted by Gasteiger charge is 2.39. The summed E-state index contributed by atoms with van der Waals surface area (Å²) in [6.07, 6.45) is 0.602. The lowest BCUT2D eigenvalue weighted by molar-refractivity contribution is -0.121. The zero-order chi connectivity index (χ0) is 24.4. The Morgan fingerprint density at radius 1 is 1.06 bits per heavy atom. The maximum atomic E-state index is 13.5. The van der Waals surface area contributed by atoms with E-state index < -0.39 is 5.25 Å². The first-order valence-electron chi connectivity index (χ1n) is 11.3. The van der Waals surface area contributed by atoms with E-state index in [9.17, 15) is 14.0 Å². The molecule has 3 aromatic carbocycles. The third-order valence-corrected chi connectivity index (χ3v) is 7.05. The van der Waals surface area contributed by atoms with Crippen molar-refractivity contribution in [1.29, 1.82) is 0 Å². The summed E-state index contributed by atoms with van der Waals surface area (Å²) >= 11 is 1.25. The molecular formula is C27H23FN4O2S. The first kappa shape index (κ1) is 23.0. The molecule has 8 heteroatoms. The van der Waals surface area contributed by atoms with Crippen LogP contribution in [0.2, 0.25) is 0 Å². The number of nitrogens with zero attached hydrogens (tertiary/aromatic N) is 3. The van der Waals surface area contributed by atoms with E-state index in [1.54, 1.807) is 29.3 Å². The zero-order valence-electron chi connectivity index (χ0n) is 19.0. The Morgan fingerprint density at radius 3 is 2.49 bits per heavy atom. The number of para-hydroxylation sites is 1. The molecule has 2 aliphatic rings. The van der Waals surface area contributed by atoms with Crippen molar-refractivity contribution in [1.82, 2.24) is 5.01 Å². The molecule has 0 aromatic heterocycles. The maximum absolute atomic E-state index is 13.5. The van der Waals surface area contributed by atoms with Gasteiger partial charge in [-0.15, -0.1) is 0 Å². The first-order chi connectivity index (χ1) is 17.0. The van der Waals surface area contributed by atoms with Gasteiger partial charge >= 0.3 is 0 Å². The van der Waals surface area contributed by atoms with Crippen molar-refractivity contribution in [2.75, 3.05) is 5.32 Å². The molecule has 0 saturated carbocycles. The van der Waals surface area contributed by atoms with Crippen LogP contribution >= 0.6 is 11.8 Å². The number of nitrogens with one attached hydrogen (secondary N) is 1. The van der Waals surface area contributed by atoms with E-state index in [1.807, 2.05) is 49.4 Å². The van der Waals surface area contributed by atoms with E-state index in [1.165, 1.54) is 23.9 Å². The van der Waals surface area contributed by atoms with Crippen molar-refractivity contribution in [2.45, 2.75) is 31.1 Å². The van der Waals surface area contributed by atoms with Gasteiger partial charge in [0, 0.05) is 18.5 Å². The van der Waals surface area contributed by atoms with Gasteiger partial charge in [-0.25, -0.2) is 9.40 Å². The van der Waals surface area contributed by atoms with Crippen LogP contribution in [-0.4, -0.2) is 33.0 Å². The largest absolute Gasteiger partial charge is 0.326 e. The van der Waals surface area contributed by atoms with Gasteiger partial charge < -0.3 is 5.32 Å². The molecule has 2 aliphatic heterocycles. The van der Waals surface area contributed by atoms with Gasteiger partial charge in [0.05, 0.1) is 11.8 Å². The maximum Gasteiger partial charge on any atom is 0.262 e. The number of hydrazone groups is 1. The average molecular weight is 487 g/mol. The number of hydrogen-bond donors (Lipinski definition) is 1. The Hall–Kier alpha value is -3.78. The summed E-state index contributed by atoms with van der Waals surface area (Å²) in [6.45, 7) is 2.03. The smallest absolute Gasteiger partial charge is 0.262 e. The minimum absolute atomic E-state index is 0.0168. The Balaban J connectivity index is 1.36. The number of carbonyl (C=O) groups excluding carboxylic acids is 2. The number of halogens is 1. The predicted octanol–water partition coefficient (Wildman–Crippen LogP) is 5.31. The number of aryl methyl sites for hydroxylation is 1. The summed E-state index contributed by atoms with van der Waals surface area (Å²) in [5.74, 6) is -0.899. The molecule has 2 amide bonds. The molecule has 0 spiro atoms.